The van der Waals surface area contributed by atoms with Gasteiger partial charge >= 0.3 is 5.82 Å². The second-order valence-corrected chi connectivity index (χ2v) is 5.72. The van der Waals surface area contributed by atoms with Gasteiger partial charge in [-0.2, -0.15) is 9.78 Å². The molecule has 10 nitrogen and oxygen atoms in total. The van der Waals surface area contributed by atoms with Gasteiger partial charge in [0.25, 0.3) is 0 Å². The SMILES string of the molecule is CCc1ccc(OCn2cc(NC(=O)Cn3ccc([N+](=O)[O-])n3)cn2)cc1. The van der Waals surface area contributed by atoms with E-state index in [2.05, 4.69) is 22.4 Å². The number of nitro groups is 1. The Labute approximate surface area is 154 Å². The maximum absolute atomic E-state index is 12.0. The van der Waals surface area contributed by atoms with Gasteiger partial charge in [-0.05, 0) is 29.0 Å². The Hall–Kier alpha value is -3.69. The van der Waals surface area contributed by atoms with Crippen LogP contribution in [-0.2, 0) is 24.5 Å². The van der Waals surface area contributed by atoms with E-state index < -0.39 is 4.92 Å². The number of hydrogen-bond acceptors (Lipinski definition) is 6. The standard InChI is InChI=1S/C17H18N6O4/c1-2-13-3-5-15(6-4-13)27-12-22-10-14(9-18-22)19-17(24)11-21-8-7-16(20-21)23(25)26/h3-10H,2,11-12H2,1H3,(H,19,24). The second-order valence-electron chi connectivity index (χ2n) is 5.72. The third kappa shape index (κ3) is 4.91. The van der Waals surface area contributed by atoms with Crippen molar-refractivity contribution in [1.29, 1.82) is 0 Å². The number of aryl methyl sites for hydroxylation is 1. The van der Waals surface area contributed by atoms with E-state index in [9.17, 15) is 14.9 Å². The number of amides is 1. The third-order valence-electron chi connectivity index (χ3n) is 3.73. The molecule has 0 atom stereocenters. The molecule has 2 aromatic heterocycles. The number of rotatable bonds is 8. The van der Waals surface area contributed by atoms with Crippen LogP contribution >= 0.6 is 0 Å². The molecule has 2 heterocycles. The molecular weight excluding hydrogens is 352 g/mol. The van der Waals surface area contributed by atoms with E-state index in [0.717, 1.165) is 12.2 Å². The summed E-state index contributed by atoms with van der Waals surface area (Å²) in [5.74, 6) is 0.0527. The number of ether oxygens (including phenoxy) is 1. The molecule has 0 saturated heterocycles. The summed E-state index contributed by atoms with van der Waals surface area (Å²) in [5.41, 5.74) is 1.72. The molecule has 1 amide bonds. The van der Waals surface area contributed by atoms with Crippen molar-refractivity contribution in [3.63, 3.8) is 0 Å². The van der Waals surface area contributed by atoms with Crippen molar-refractivity contribution in [2.75, 3.05) is 5.32 Å². The van der Waals surface area contributed by atoms with Gasteiger partial charge in [-0.25, -0.2) is 4.68 Å². The zero-order valence-corrected chi connectivity index (χ0v) is 14.6. The molecule has 3 rings (SSSR count). The highest BCUT2D eigenvalue weighted by Gasteiger charge is 2.14. The van der Waals surface area contributed by atoms with Gasteiger partial charge in [-0.3, -0.25) is 4.79 Å². The molecule has 10 heteroatoms. The lowest BCUT2D eigenvalue weighted by molar-refractivity contribution is -0.389. The first-order valence-electron chi connectivity index (χ1n) is 8.25. The molecule has 0 saturated carbocycles. The number of nitrogens with zero attached hydrogens (tertiary/aromatic N) is 5. The summed E-state index contributed by atoms with van der Waals surface area (Å²) in [6, 6.07) is 9.03. The first-order valence-corrected chi connectivity index (χ1v) is 8.25. The fraction of sp³-hybridized carbons (Fsp3) is 0.235. The van der Waals surface area contributed by atoms with E-state index in [1.165, 1.54) is 28.7 Å². The van der Waals surface area contributed by atoms with Crippen LogP contribution in [-0.4, -0.2) is 30.4 Å². The van der Waals surface area contributed by atoms with Gasteiger partial charge in [-0.15, -0.1) is 0 Å². The number of carbonyl (C=O) groups is 1. The lowest BCUT2D eigenvalue weighted by Crippen LogP contribution is -2.18. The number of hydrogen-bond donors (Lipinski definition) is 1. The first-order chi connectivity index (χ1) is 13.0. The summed E-state index contributed by atoms with van der Waals surface area (Å²) < 4.78 is 8.38. The minimum Gasteiger partial charge on any atom is -0.471 e. The lowest BCUT2D eigenvalue weighted by Gasteiger charge is -2.06. The normalized spacial score (nSPS) is 10.6. The van der Waals surface area contributed by atoms with Crippen LogP contribution in [0.5, 0.6) is 5.75 Å². The van der Waals surface area contributed by atoms with Gasteiger partial charge in [0.1, 0.15) is 12.3 Å². The van der Waals surface area contributed by atoms with Crippen molar-refractivity contribution in [3.8, 4) is 5.75 Å². The van der Waals surface area contributed by atoms with Crippen LogP contribution in [0.3, 0.4) is 0 Å². The van der Waals surface area contributed by atoms with E-state index in [1.807, 2.05) is 24.3 Å². The molecule has 3 aromatic rings. The number of benzene rings is 1. The number of aromatic nitrogens is 4. The maximum Gasteiger partial charge on any atom is 0.389 e. The minimum absolute atomic E-state index is 0.140. The predicted molar refractivity (Wildman–Crippen MR) is 96.2 cm³/mol. The minimum atomic E-state index is -0.617. The van der Waals surface area contributed by atoms with Gasteiger partial charge in [0.2, 0.25) is 5.91 Å². The quantitative estimate of drug-likeness (QED) is 0.480. The Bertz CT molecular complexity index is 931. The highest BCUT2D eigenvalue weighted by atomic mass is 16.6. The maximum atomic E-state index is 12.0. The molecule has 0 unspecified atom stereocenters. The first kappa shape index (κ1) is 18.1. The summed E-state index contributed by atoms with van der Waals surface area (Å²) in [5, 5.41) is 21.1. The highest BCUT2D eigenvalue weighted by Crippen LogP contribution is 2.14. The van der Waals surface area contributed by atoms with Gasteiger partial charge in [0.15, 0.2) is 6.73 Å². The molecule has 1 aromatic carbocycles. The Morgan fingerprint density at radius 3 is 2.70 bits per heavy atom. The molecular formula is C17H18N6O4. The smallest absolute Gasteiger partial charge is 0.389 e. The van der Waals surface area contributed by atoms with Crippen molar-refractivity contribution in [2.24, 2.45) is 0 Å². The molecule has 0 aliphatic rings. The van der Waals surface area contributed by atoms with E-state index in [4.69, 9.17) is 4.74 Å². The number of anilines is 1. The zero-order chi connectivity index (χ0) is 19.2. The van der Waals surface area contributed by atoms with Crippen molar-refractivity contribution in [2.45, 2.75) is 26.6 Å². The van der Waals surface area contributed by atoms with Crippen LogP contribution < -0.4 is 10.1 Å². The molecule has 0 spiro atoms. The Morgan fingerprint density at radius 1 is 1.26 bits per heavy atom. The average molecular weight is 370 g/mol. The van der Waals surface area contributed by atoms with Crippen LogP contribution in [0.15, 0.2) is 48.9 Å². The van der Waals surface area contributed by atoms with Crippen LogP contribution in [0.1, 0.15) is 12.5 Å². The third-order valence-corrected chi connectivity index (χ3v) is 3.73. The number of nitrogens with one attached hydrogen (secondary N) is 1. The molecule has 0 aliphatic heterocycles. The summed E-state index contributed by atoms with van der Waals surface area (Å²) in [7, 11) is 0. The summed E-state index contributed by atoms with van der Waals surface area (Å²) in [6.45, 7) is 2.15. The van der Waals surface area contributed by atoms with Gasteiger partial charge in [-0.1, -0.05) is 19.1 Å². The van der Waals surface area contributed by atoms with E-state index >= 15 is 0 Å². The topological polar surface area (TPSA) is 117 Å². The van der Waals surface area contributed by atoms with Crippen LogP contribution in [0.25, 0.3) is 0 Å². The Morgan fingerprint density at radius 2 is 2.04 bits per heavy atom. The molecule has 0 fully saturated rings. The van der Waals surface area contributed by atoms with Gasteiger partial charge < -0.3 is 20.2 Å². The summed E-state index contributed by atoms with van der Waals surface area (Å²) >= 11 is 0. The molecule has 0 bridgehead atoms. The molecule has 1 N–H and O–H groups in total. The molecule has 140 valence electrons. The average Bonchev–Trinajstić information content (AvgIpc) is 3.30. The number of carbonyl (C=O) groups excluding carboxylic acids is 1. The summed E-state index contributed by atoms with van der Waals surface area (Å²) in [4.78, 5) is 22.0. The van der Waals surface area contributed by atoms with Crippen LogP contribution in [0.2, 0.25) is 0 Å². The van der Waals surface area contributed by atoms with Crippen molar-refractivity contribution >= 4 is 17.4 Å². The fourth-order valence-corrected chi connectivity index (χ4v) is 2.34. The van der Waals surface area contributed by atoms with Crippen LogP contribution in [0, 0.1) is 10.1 Å². The largest absolute Gasteiger partial charge is 0.471 e. The predicted octanol–water partition coefficient (Wildman–Crippen LogP) is 2.23. The van der Waals surface area contributed by atoms with E-state index in [1.54, 1.807) is 10.9 Å². The lowest BCUT2D eigenvalue weighted by atomic mass is 10.2. The van der Waals surface area contributed by atoms with Crippen molar-refractivity contribution < 1.29 is 14.5 Å². The van der Waals surface area contributed by atoms with Gasteiger partial charge in [0.05, 0.1) is 35.4 Å². The Kier molecular flexibility index (Phi) is 5.45. The highest BCUT2D eigenvalue weighted by molar-refractivity contribution is 5.90. The molecule has 0 radical (unpaired) electrons. The Balaban J connectivity index is 1.50. The van der Waals surface area contributed by atoms with Crippen molar-refractivity contribution in [3.05, 3.63) is 64.6 Å². The zero-order valence-electron chi connectivity index (χ0n) is 14.6. The fourth-order valence-electron chi connectivity index (χ4n) is 2.34. The molecule has 27 heavy (non-hydrogen) atoms. The van der Waals surface area contributed by atoms with E-state index in [0.29, 0.717) is 5.69 Å². The second kappa shape index (κ2) is 8.13. The monoisotopic (exact) mass is 370 g/mol. The molecule has 0 aliphatic carbocycles. The van der Waals surface area contributed by atoms with Gasteiger partial charge in [0, 0.05) is 0 Å². The summed E-state index contributed by atoms with van der Waals surface area (Å²) in [6.07, 6.45) is 5.46. The van der Waals surface area contributed by atoms with Crippen LogP contribution in [0.4, 0.5) is 11.5 Å². The van der Waals surface area contributed by atoms with Crippen molar-refractivity contribution in [1.82, 2.24) is 19.6 Å². The van der Waals surface area contributed by atoms with E-state index in [-0.39, 0.29) is 25.0 Å².